The zero-order chi connectivity index (χ0) is 11.1. The molecule has 1 rings (SSSR count). The fourth-order valence-electron chi connectivity index (χ4n) is 1.15. The first kappa shape index (κ1) is 11.7. The summed E-state index contributed by atoms with van der Waals surface area (Å²) in [5, 5.41) is 2.67. The zero-order valence-corrected chi connectivity index (χ0v) is 8.96. The molecule has 1 aromatic carbocycles. The van der Waals surface area contributed by atoms with E-state index in [0.29, 0.717) is 30.0 Å². The lowest BCUT2D eigenvalue weighted by atomic mass is 10.2. The monoisotopic (exact) mass is 225 g/mol. The molecule has 0 unspecified atom stereocenters. The Bertz CT molecular complexity index is 352. The third-order valence-electron chi connectivity index (χ3n) is 1.90. The van der Waals surface area contributed by atoms with Gasteiger partial charge in [-0.2, -0.15) is 0 Å². The zero-order valence-electron chi connectivity index (χ0n) is 8.20. The molecule has 4 heteroatoms. The van der Waals surface area contributed by atoms with Crippen molar-refractivity contribution in [3.63, 3.8) is 0 Å². The molecule has 1 N–H and O–H groups in total. The molecular formula is C11H12ClNO2. The van der Waals surface area contributed by atoms with Gasteiger partial charge in [0.25, 0.3) is 0 Å². The molecule has 0 aliphatic heterocycles. The van der Waals surface area contributed by atoms with Crippen LogP contribution in [0.4, 0.5) is 5.69 Å². The summed E-state index contributed by atoms with van der Waals surface area (Å²) in [6, 6.07) is 6.87. The minimum atomic E-state index is -0.120. The Hall–Kier alpha value is -1.35. The minimum absolute atomic E-state index is 0.120. The number of hydrogen-bond donors (Lipinski definition) is 1. The smallest absolute Gasteiger partial charge is 0.224 e. The second-order valence-corrected chi connectivity index (χ2v) is 3.42. The highest BCUT2D eigenvalue weighted by atomic mass is 35.5. The second-order valence-electron chi connectivity index (χ2n) is 3.05. The van der Waals surface area contributed by atoms with Crippen LogP contribution in [0, 0.1) is 0 Å². The molecule has 80 valence electrons. The van der Waals surface area contributed by atoms with Gasteiger partial charge in [-0.05, 0) is 18.6 Å². The molecule has 1 amide bonds. The number of para-hydroxylation sites is 1. The van der Waals surface area contributed by atoms with Gasteiger partial charge in [-0.15, -0.1) is 11.6 Å². The number of hydrogen-bond acceptors (Lipinski definition) is 2. The van der Waals surface area contributed by atoms with E-state index in [1.807, 2.05) is 0 Å². The van der Waals surface area contributed by atoms with Crippen LogP contribution in [-0.2, 0) is 4.79 Å². The number of halogens is 1. The lowest BCUT2D eigenvalue weighted by Crippen LogP contribution is -2.12. The normalized spacial score (nSPS) is 9.67. The van der Waals surface area contributed by atoms with Crippen LogP contribution in [0.5, 0.6) is 0 Å². The molecule has 15 heavy (non-hydrogen) atoms. The fourth-order valence-corrected chi connectivity index (χ4v) is 1.29. The average molecular weight is 226 g/mol. The van der Waals surface area contributed by atoms with E-state index >= 15 is 0 Å². The Kier molecular flexibility index (Phi) is 4.84. The molecule has 0 atom stereocenters. The van der Waals surface area contributed by atoms with Crippen molar-refractivity contribution in [3.05, 3.63) is 29.8 Å². The number of rotatable bonds is 5. The van der Waals surface area contributed by atoms with E-state index in [0.717, 1.165) is 6.29 Å². The maximum absolute atomic E-state index is 11.4. The van der Waals surface area contributed by atoms with Crippen molar-refractivity contribution in [1.29, 1.82) is 0 Å². The fraction of sp³-hybridized carbons (Fsp3) is 0.273. The van der Waals surface area contributed by atoms with Crippen LogP contribution in [0.2, 0.25) is 0 Å². The molecule has 0 saturated carbocycles. The van der Waals surface area contributed by atoms with Gasteiger partial charge in [0.2, 0.25) is 5.91 Å². The predicted molar refractivity (Wildman–Crippen MR) is 60.4 cm³/mol. The van der Waals surface area contributed by atoms with Gasteiger partial charge in [0.15, 0.2) is 6.29 Å². The number of aldehydes is 1. The third kappa shape index (κ3) is 3.72. The van der Waals surface area contributed by atoms with Gasteiger partial charge in [-0.1, -0.05) is 12.1 Å². The van der Waals surface area contributed by atoms with E-state index in [1.54, 1.807) is 24.3 Å². The van der Waals surface area contributed by atoms with Crippen LogP contribution < -0.4 is 5.32 Å². The Morgan fingerprint density at radius 1 is 1.40 bits per heavy atom. The summed E-state index contributed by atoms with van der Waals surface area (Å²) in [5.74, 6) is 0.341. The summed E-state index contributed by atoms with van der Waals surface area (Å²) in [7, 11) is 0. The summed E-state index contributed by atoms with van der Waals surface area (Å²) >= 11 is 5.47. The first-order valence-electron chi connectivity index (χ1n) is 4.68. The van der Waals surface area contributed by atoms with Gasteiger partial charge < -0.3 is 5.32 Å². The van der Waals surface area contributed by atoms with E-state index in [2.05, 4.69) is 5.32 Å². The predicted octanol–water partition coefficient (Wildman–Crippen LogP) is 2.46. The summed E-state index contributed by atoms with van der Waals surface area (Å²) in [6.45, 7) is 0. The number of carbonyl (C=O) groups excluding carboxylic acids is 2. The van der Waals surface area contributed by atoms with Crippen LogP contribution in [0.3, 0.4) is 0 Å². The summed E-state index contributed by atoms with van der Waals surface area (Å²) in [4.78, 5) is 22.0. The molecule has 1 aromatic rings. The van der Waals surface area contributed by atoms with E-state index < -0.39 is 0 Å². The minimum Gasteiger partial charge on any atom is -0.325 e. The Balaban J connectivity index is 2.63. The molecule has 0 fully saturated rings. The van der Waals surface area contributed by atoms with E-state index in [1.165, 1.54) is 0 Å². The molecule has 0 heterocycles. The van der Waals surface area contributed by atoms with Crippen LogP contribution >= 0.6 is 11.6 Å². The van der Waals surface area contributed by atoms with Crippen LogP contribution in [0.25, 0.3) is 0 Å². The Morgan fingerprint density at radius 3 is 2.80 bits per heavy atom. The van der Waals surface area contributed by atoms with Crippen LogP contribution in [0.15, 0.2) is 24.3 Å². The topological polar surface area (TPSA) is 46.2 Å². The highest BCUT2D eigenvalue weighted by molar-refractivity contribution is 6.18. The lowest BCUT2D eigenvalue weighted by molar-refractivity contribution is -0.116. The highest BCUT2D eigenvalue weighted by Crippen LogP contribution is 2.12. The molecule has 3 nitrogen and oxygen atoms in total. The lowest BCUT2D eigenvalue weighted by Gasteiger charge is -2.06. The maximum Gasteiger partial charge on any atom is 0.224 e. The number of anilines is 1. The number of carbonyl (C=O) groups is 2. The molecule has 0 aliphatic carbocycles. The molecular weight excluding hydrogens is 214 g/mol. The summed E-state index contributed by atoms with van der Waals surface area (Å²) in [5.41, 5.74) is 1.03. The highest BCUT2D eigenvalue weighted by Gasteiger charge is 2.04. The van der Waals surface area contributed by atoms with Gasteiger partial charge in [0.05, 0.1) is 5.69 Å². The van der Waals surface area contributed by atoms with Crippen molar-refractivity contribution in [2.75, 3.05) is 11.2 Å². The number of alkyl halides is 1. The molecule has 0 bridgehead atoms. The number of nitrogens with one attached hydrogen (secondary N) is 1. The van der Waals surface area contributed by atoms with Crippen molar-refractivity contribution in [2.24, 2.45) is 0 Å². The van der Waals surface area contributed by atoms with Gasteiger partial charge in [0.1, 0.15) is 0 Å². The molecule has 0 spiro atoms. The van der Waals surface area contributed by atoms with Crippen LogP contribution in [0.1, 0.15) is 23.2 Å². The molecule has 0 aromatic heterocycles. The molecule has 0 aliphatic rings. The first-order valence-corrected chi connectivity index (χ1v) is 5.21. The third-order valence-corrected chi connectivity index (χ3v) is 2.17. The maximum atomic E-state index is 11.4. The summed E-state index contributed by atoms with van der Waals surface area (Å²) in [6.07, 6.45) is 1.73. The SMILES string of the molecule is O=Cc1ccccc1NC(=O)CCCCl. The Labute approximate surface area is 93.4 Å². The average Bonchev–Trinajstić information content (AvgIpc) is 2.27. The van der Waals surface area contributed by atoms with Crippen LogP contribution in [-0.4, -0.2) is 18.1 Å². The van der Waals surface area contributed by atoms with Crippen molar-refractivity contribution >= 4 is 29.5 Å². The van der Waals surface area contributed by atoms with Crippen molar-refractivity contribution < 1.29 is 9.59 Å². The van der Waals surface area contributed by atoms with Crippen molar-refractivity contribution in [2.45, 2.75) is 12.8 Å². The van der Waals surface area contributed by atoms with Crippen molar-refractivity contribution in [3.8, 4) is 0 Å². The molecule has 0 saturated heterocycles. The van der Waals surface area contributed by atoms with Gasteiger partial charge in [-0.25, -0.2) is 0 Å². The molecule has 0 radical (unpaired) electrons. The van der Waals surface area contributed by atoms with E-state index in [4.69, 9.17) is 11.6 Å². The summed E-state index contributed by atoms with van der Waals surface area (Å²) < 4.78 is 0. The largest absolute Gasteiger partial charge is 0.325 e. The van der Waals surface area contributed by atoms with E-state index in [9.17, 15) is 9.59 Å². The quantitative estimate of drug-likeness (QED) is 0.618. The van der Waals surface area contributed by atoms with Gasteiger partial charge in [-0.3, -0.25) is 9.59 Å². The van der Waals surface area contributed by atoms with E-state index in [-0.39, 0.29) is 5.91 Å². The number of amides is 1. The second kappa shape index (κ2) is 6.19. The Morgan fingerprint density at radius 2 is 2.13 bits per heavy atom. The standard InChI is InChI=1S/C11H12ClNO2/c12-7-3-6-11(15)13-10-5-2-1-4-9(10)8-14/h1-2,4-5,8H,3,6-7H2,(H,13,15). The number of benzene rings is 1. The van der Waals surface area contributed by atoms with Gasteiger partial charge in [0, 0.05) is 17.9 Å². The first-order chi connectivity index (χ1) is 7.27. The van der Waals surface area contributed by atoms with Gasteiger partial charge >= 0.3 is 0 Å². The van der Waals surface area contributed by atoms with Crippen molar-refractivity contribution in [1.82, 2.24) is 0 Å².